The van der Waals surface area contributed by atoms with Crippen molar-refractivity contribution in [3.63, 3.8) is 0 Å². The Hall–Kier alpha value is -1.07. The molecule has 2 rings (SSSR count). The van der Waals surface area contributed by atoms with Gasteiger partial charge >= 0.3 is 0 Å². The van der Waals surface area contributed by atoms with E-state index in [1.54, 1.807) is 28.6 Å². The lowest BCUT2D eigenvalue weighted by Crippen LogP contribution is -2.33. The number of nitrogens with two attached hydrogens (primary N) is 1. The molecule has 0 aliphatic heterocycles. The van der Waals surface area contributed by atoms with Crippen LogP contribution in [-0.4, -0.2) is 25.8 Å². The Kier molecular flexibility index (Phi) is 3.92. The van der Waals surface area contributed by atoms with E-state index >= 15 is 0 Å². The van der Waals surface area contributed by atoms with Gasteiger partial charge in [-0.15, -0.1) is 0 Å². The van der Waals surface area contributed by atoms with Crippen LogP contribution in [0.5, 0.6) is 0 Å². The molecule has 1 fully saturated rings. The van der Waals surface area contributed by atoms with Crippen molar-refractivity contribution in [3.05, 3.63) is 24.3 Å². The van der Waals surface area contributed by atoms with Gasteiger partial charge in [-0.3, -0.25) is 0 Å². The molecule has 0 amide bonds. The molecule has 0 radical (unpaired) electrons. The molecule has 18 heavy (non-hydrogen) atoms. The third-order valence-electron chi connectivity index (χ3n) is 3.15. The number of anilines is 1. The van der Waals surface area contributed by atoms with E-state index < -0.39 is 10.0 Å². The van der Waals surface area contributed by atoms with Crippen LogP contribution in [0.4, 0.5) is 5.69 Å². The van der Waals surface area contributed by atoms with Crippen LogP contribution in [0.2, 0.25) is 0 Å². The topological polar surface area (TPSA) is 63.4 Å². The van der Waals surface area contributed by atoms with Crippen molar-refractivity contribution in [3.8, 4) is 0 Å². The minimum atomic E-state index is -3.36. The van der Waals surface area contributed by atoms with Crippen molar-refractivity contribution in [1.29, 1.82) is 0 Å². The van der Waals surface area contributed by atoms with Crippen molar-refractivity contribution in [2.75, 3.05) is 18.8 Å². The van der Waals surface area contributed by atoms with E-state index in [-0.39, 0.29) is 0 Å². The summed E-state index contributed by atoms with van der Waals surface area (Å²) < 4.78 is 26.6. The van der Waals surface area contributed by atoms with Gasteiger partial charge in [0.15, 0.2) is 0 Å². The van der Waals surface area contributed by atoms with Gasteiger partial charge in [0.1, 0.15) is 0 Å². The maximum atomic E-state index is 12.5. The number of benzene rings is 1. The molecule has 1 aromatic carbocycles. The Balaban J connectivity index is 2.22. The zero-order chi connectivity index (χ0) is 13.2. The molecular weight excluding hydrogens is 248 g/mol. The minimum absolute atomic E-state index is 0.339. The molecule has 0 spiro atoms. The van der Waals surface area contributed by atoms with Gasteiger partial charge in [0.2, 0.25) is 10.0 Å². The molecule has 5 heteroatoms. The highest BCUT2D eigenvalue weighted by Crippen LogP contribution is 2.31. The molecule has 100 valence electrons. The predicted molar refractivity (Wildman–Crippen MR) is 72.6 cm³/mol. The van der Waals surface area contributed by atoms with Crippen LogP contribution in [0.15, 0.2) is 29.2 Å². The molecule has 1 saturated carbocycles. The largest absolute Gasteiger partial charge is 0.399 e. The maximum absolute atomic E-state index is 12.5. The quantitative estimate of drug-likeness (QED) is 0.803. The summed E-state index contributed by atoms with van der Waals surface area (Å²) in [5, 5.41) is 0. The van der Waals surface area contributed by atoms with Crippen LogP contribution in [-0.2, 0) is 10.0 Å². The maximum Gasteiger partial charge on any atom is 0.243 e. The monoisotopic (exact) mass is 268 g/mol. The molecule has 0 bridgehead atoms. The smallest absolute Gasteiger partial charge is 0.243 e. The summed E-state index contributed by atoms with van der Waals surface area (Å²) in [5.74, 6) is 0.556. The van der Waals surface area contributed by atoms with Crippen molar-refractivity contribution < 1.29 is 8.42 Å². The highest BCUT2D eigenvalue weighted by molar-refractivity contribution is 7.89. The Labute approximate surface area is 109 Å². The van der Waals surface area contributed by atoms with Crippen LogP contribution >= 0.6 is 0 Å². The summed E-state index contributed by atoms with van der Waals surface area (Å²) in [5.41, 5.74) is 6.17. The van der Waals surface area contributed by atoms with E-state index in [4.69, 9.17) is 5.73 Å². The molecule has 0 heterocycles. The highest BCUT2D eigenvalue weighted by Gasteiger charge is 2.30. The standard InChI is InChI=1S/C13H20N2O2S/c1-2-9-15(10-11-3-4-11)18(16,17)13-7-5-12(14)6-8-13/h5-8,11H,2-4,9-10,14H2,1H3. The Morgan fingerprint density at radius 2 is 1.89 bits per heavy atom. The average Bonchev–Trinajstić information content (AvgIpc) is 3.13. The molecular formula is C13H20N2O2S. The van der Waals surface area contributed by atoms with Crippen molar-refractivity contribution >= 4 is 15.7 Å². The van der Waals surface area contributed by atoms with Crippen LogP contribution < -0.4 is 5.73 Å². The van der Waals surface area contributed by atoms with Gasteiger partial charge in [0.05, 0.1) is 4.90 Å². The molecule has 1 aromatic rings. The number of hydrogen-bond donors (Lipinski definition) is 1. The van der Waals surface area contributed by atoms with E-state index in [1.807, 2.05) is 6.92 Å². The second-order valence-electron chi connectivity index (χ2n) is 4.88. The number of rotatable bonds is 6. The SMILES string of the molecule is CCCN(CC1CC1)S(=O)(=O)c1ccc(N)cc1. The second-order valence-corrected chi connectivity index (χ2v) is 6.81. The first-order valence-electron chi connectivity index (χ1n) is 6.39. The Bertz CT molecular complexity index is 492. The van der Waals surface area contributed by atoms with E-state index in [2.05, 4.69) is 0 Å². The number of nitrogen functional groups attached to an aromatic ring is 1. The van der Waals surface area contributed by atoms with Crippen LogP contribution in [0.25, 0.3) is 0 Å². The fraction of sp³-hybridized carbons (Fsp3) is 0.538. The molecule has 0 aromatic heterocycles. The van der Waals surface area contributed by atoms with Gasteiger partial charge in [-0.1, -0.05) is 6.92 Å². The van der Waals surface area contributed by atoms with Gasteiger partial charge in [0, 0.05) is 18.8 Å². The Morgan fingerprint density at radius 1 is 1.28 bits per heavy atom. The minimum Gasteiger partial charge on any atom is -0.399 e. The van der Waals surface area contributed by atoms with Crippen LogP contribution in [0.3, 0.4) is 0 Å². The third kappa shape index (κ3) is 3.03. The molecule has 4 nitrogen and oxygen atoms in total. The molecule has 1 aliphatic rings. The zero-order valence-electron chi connectivity index (χ0n) is 10.7. The lowest BCUT2D eigenvalue weighted by molar-refractivity contribution is 0.395. The van der Waals surface area contributed by atoms with Gasteiger partial charge in [-0.2, -0.15) is 4.31 Å². The lowest BCUT2D eigenvalue weighted by atomic mass is 10.3. The molecule has 0 unspecified atom stereocenters. The molecule has 2 N–H and O–H groups in total. The second kappa shape index (κ2) is 5.28. The third-order valence-corrected chi connectivity index (χ3v) is 5.03. The first-order valence-corrected chi connectivity index (χ1v) is 7.83. The first-order chi connectivity index (χ1) is 8.54. The van der Waals surface area contributed by atoms with Gasteiger partial charge in [-0.05, 0) is 49.4 Å². The summed E-state index contributed by atoms with van der Waals surface area (Å²) in [4.78, 5) is 0.339. The fourth-order valence-corrected chi connectivity index (χ4v) is 3.54. The average molecular weight is 268 g/mol. The summed E-state index contributed by atoms with van der Waals surface area (Å²) in [6.45, 7) is 3.24. The summed E-state index contributed by atoms with van der Waals surface area (Å²) in [6, 6.07) is 6.43. The summed E-state index contributed by atoms with van der Waals surface area (Å²) >= 11 is 0. The fourth-order valence-electron chi connectivity index (χ4n) is 1.94. The predicted octanol–water partition coefficient (Wildman–Crippen LogP) is 2.08. The number of hydrogen-bond acceptors (Lipinski definition) is 3. The number of nitrogens with zero attached hydrogens (tertiary/aromatic N) is 1. The first kappa shape index (κ1) is 13.4. The highest BCUT2D eigenvalue weighted by atomic mass is 32.2. The number of sulfonamides is 1. The summed E-state index contributed by atoms with van der Waals surface area (Å²) in [7, 11) is -3.36. The Morgan fingerprint density at radius 3 is 2.39 bits per heavy atom. The van der Waals surface area contributed by atoms with E-state index in [0.717, 1.165) is 19.3 Å². The van der Waals surface area contributed by atoms with Gasteiger partial charge in [-0.25, -0.2) is 8.42 Å². The zero-order valence-corrected chi connectivity index (χ0v) is 11.5. The van der Waals surface area contributed by atoms with Crippen molar-refractivity contribution in [2.45, 2.75) is 31.1 Å². The van der Waals surface area contributed by atoms with Crippen LogP contribution in [0, 0.1) is 5.92 Å². The van der Waals surface area contributed by atoms with E-state index in [9.17, 15) is 8.42 Å². The molecule has 0 atom stereocenters. The molecule has 0 saturated heterocycles. The normalized spacial score (nSPS) is 16.1. The molecule has 1 aliphatic carbocycles. The van der Waals surface area contributed by atoms with Crippen molar-refractivity contribution in [1.82, 2.24) is 4.31 Å². The van der Waals surface area contributed by atoms with E-state index in [1.165, 1.54) is 0 Å². The lowest BCUT2D eigenvalue weighted by Gasteiger charge is -2.21. The van der Waals surface area contributed by atoms with Gasteiger partial charge < -0.3 is 5.73 Å². The van der Waals surface area contributed by atoms with E-state index in [0.29, 0.717) is 29.6 Å². The summed E-state index contributed by atoms with van der Waals surface area (Å²) in [6.07, 6.45) is 3.13. The van der Waals surface area contributed by atoms with Crippen LogP contribution in [0.1, 0.15) is 26.2 Å². The van der Waals surface area contributed by atoms with Crippen molar-refractivity contribution in [2.24, 2.45) is 5.92 Å². The van der Waals surface area contributed by atoms with Gasteiger partial charge in [0.25, 0.3) is 0 Å².